The van der Waals surface area contributed by atoms with Crippen LogP contribution in [0.15, 0.2) is 42.5 Å². The van der Waals surface area contributed by atoms with Crippen molar-refractivity contribution < 1.29 is 27.5 Å². The van der Waals surface area contributed by atoms with E-state index in [1.54, 1.807) is 23.1 Å². The molecular weight excluding hydrogens is 518 g/mol. The van der Waals surface area contributed by atoms with Crippen LogP contribution in [0.2, 0.25) is 0 Å². The van der Waals surface area contributed by atoms with Crippen LogP contribution in [0.25, 0.3) is 0 Å². The molecule has 1 atom stereocenters. The topological polar surface area (TPSA) is 105 Å². The van der Waals surface area contributed by atoms with Crippen LogP contribution in [0.1, 0.15) is 57.1 Å². The summed E-state index contributed by atoms with van der Waals surface area (Å²) in [6.07, 6.45) is 3.84. The van der Waals surface area contributed by atoms with Crippen molar-refractivity contribution in [2.45, 2.75) is 65.5 Å². The second kappa shape index (κ2) is 14.2. The number of ether oxygens (including phenoxy) is 2. The van der Waals surface area contributed by atoms with Gasteiger partial charge in [-0.15, -0.1) is 0 Å². The maximum atomic E-state index is 13.5. The van der Waals surface area contributed by atoms with Crippen LogP contribution >= 0.6 is 0 Å². The largest absolute Gasteiger partial charge is 0.486 e. The highest BCUT2D eigenvalue weighted by atomic mass is 32.2. The predicted molar refractivity (Wildman–Crippen MR) is 153 cm³/mol. The molecule has 0 bridgehead atoms. The zero-order chi connectivity index (χ0) is 28.4. The summed E-state index contributed by atoms with van der Waals surface area (Å²) in [7, 11) is -3.61. The van der Waals surface area contributed by atoms with Crippen LogP contribution in [0.4, 0.5) is 5.69 Å². The number of rotatable bonds is 14. The minimum Gasteiger partial charge on any atom is -0.486 e. The fraction of sp³-hybridized carbons (Fsp3) is 0.517. The molecule has 39 heavy (non-hydrogen) atoms. The molecule has 0 saturated carbocycles. The Bertz CT molecular complexity index is 1220. The van der Waals surface area contributed by atoms with E-state index in [-0.39, 0.29) is 24.8 Å². The van der Waals surface area contributed by atoms with E-state index in [0.717, 1.165) is 30.2 Å². The number of fused-ring (bicyclic) bond motifs is 1. The average molecular weight is 560 g/mol. The molecule has 2 aromatic rings. The number of nitrogens with one attached hydrogen (secondary N) is 1. The highest BCUT2D eigenvalue weighted by Crippen LogP contribution is 2.34. The Hall–Kier alpha value is -3.27. The minimum atomic E-state index is -3.61. The number of aryl methyl sites for hydroxylation is 1. The third kappa shape index (κ3) is 8.61. The maximum absolute atomic E-state index is 13.5. The van der Waals surface area contributed by atoms with Crippen molar-refractivity contribution in [2.75, 3.05) is 36.9 Å². The Labute approximate surface area is 232 Å². The van der Waals surface area contributed by atoms with Gasteiger partial charge in [0.15, 0.2) is 11.5 Å². The zero-order valence-corrected chi connectivity index (χ0v) is 24.3. The van der Waals surface area contributed by atoms with Crippen molar-refractivity contribution in [3.8, 4) is 11.5 Å². The van der Waals surface area contributed by atoms with Crippen LogP contribution in [0, 0.1) is 6.92 Å². The molecule has 1 heterocycles. The number of hydrogen-bond donors (Lipinski definition) is 1. The first-order chi connectivity index (χ1) is 18.6. The summed E-state index contributed by atoms with van der Waals surface area (Å²) >= 11 is 0. The van der Waals surface area contributed by atoms with E-state index >= 15 is 0 Å². The predicted octanol–water partition coefficient (Wildman–Crippen LogP) is 4.04. The SMILES string of the molecule is CCCCNC(=O)[C@@H](CC)N(Cc1ccc(C)cc1)C(=O)CCCN(c1ccc2c(c1)OCCO2)S(C)(=O)=O. The lowest BCUT2D eigenvalue weighted by atomic mass is 10.1. The monoisotopic (exact) mass is 559 g/mol. The molecule has 1 N–H and O–H groups in total. The number of sulfonamides is 1. The van der Waals surface area contributed by atoms with Gasteiger partial charge in [-0.3, -0.25) is 13.9 Å². The molecule has 214 valence electrons. The van der Waals surface area contributed by atoms with Gasteiger partial charge < -0.3 is 19.7 Å². The zero-order valence-electron chi connectivity index (χ0n) is 23.4. The van der Waals surface area contributed by atoms with Crippen LogP contribution in [-0.2, 0) is 26.2 Å². The molecule has 2 amide bonds. The van der Waals surface area contributed by atoms with E-state index in [4.69, 9.17) is 9.47 Å². The second-order valence-electron chi connectivity index (χ2n) is 9.84. The number of anilines is 1. The molecule has 0 saturated heterocycles. The van der Waals surface area contributed by atoms with E-state index in [0.29, 0.717) is 56.3 Å². The van der Waals surface area contributed by atoms with Crippen LogP contribution in [0.3, 0.4) is 0 Å². The Morgan fingerprint density at radius 1 is 1.00 bits per heavy atom. The van der Waals surface area contributed by atoms with Gasteiger partial charge in [0, 0.05) is 32.1 Å². The number of carbonyl (C=O) groups excluding carboxylic acids is 2. The van der Waals surface area contributed by atoms with E-state index < -0.39 is 16.1 Å². The standard InChI is InChI=1S/C29H41N3O6S/c1-5-7-16-30-29(34)25(6-2)31(21-23-12-10-22(3)11-13-23)28(33)9-8-17-32(39(4,35)36)24-14-15-26-27(20-24)38-19-18-37-26/h10-15,20,25H,5-9,16-19,21H2,1-4H3,(H,30,34)/t25-/m1/s1. The van der Waals surface area contributed by atoms with Crippen molar-refractivity contribution >= 4 is 27.5 Å². The first-order valence-corrected chi connectivity index (χ1v) is 15.5. The lowest BCUT2D eigenvalue weighted by Gasteiger charge is -2.31. The number of hydrogen-bond acceptors (Lipinski definition) is 6. The van der Waals surface area contributed by atoms with Gasteiger partial charge in [-0.25, -0.2) is 8.42 Å². The molecule has 0 spiro atoms. The fourth-order valence-electron chi connectivity index (χ4n) is 4.51. The van der Waals surface area contributed by atoms with Gasteiger partial charge in [0.25, 0.3) is 0 Å². The summed E-state index contributed by atoms with van der Waals surface area (Å²) in [4.78, 5) is 28.2. The highest BCUT2D eigenvalue weighted by Gasteiger charge is 2.29. The Morgan fingerprint density at radius 2 is 1.69 bits per heavy atom. The highest BCUT2D eigenvalue weighted by molar-refractivity contribution is 7.92. The van der Waals surface area contributed by atoms with Gasteiger partial charge in [0.05, 0.1) is 11.9 Å². The Kier molecular flexibility index (Phi) is 11.0. The lowest BCUT2D eigenvalue weighted by molar-refractivity contribution is -0.141. The molecule has 3 rings (SSSR count). The van der Waals surface area contributed by atoms with Crippen molar-refractivity contribution in [1.82, 2.24) is 10.2 Å². The van der Waals surface area contributed by atoms with Gasteiger partial charge in [-0.1, -0.05) is 50.1 Å². The van der Waals surface area contributed by atoms with Crippen LogP contribution in [-0.4, -0.2) is 63.7 Å². The molecule has 0 aromatic heterocycles. The molecule has 0 radical (unpaired) electrons. The van der Waals surface area contributed by atoms with Crippen LogP contribution in [0.5, 0.6) is 11.5 Å². The lowest BCUT2D eigenvalue weighted by Crippen LogP contribution is -2.49. The number of unbranched alkanes of at least 4 members (excludes halogenated alkanes) is 1. The van der Waals surface area contributed by atoms with Gasteiger partial charge in [-0.05, 0) is 43.9 Å². The van der Waals surface area contributed by atoms with Gasteiger partial charge in [0.1, 0.15) is 19.3 Å². The fourth-order valence-corrected chi connectivity index (χ4v) is 5.46. The summed E-state index contributed by atoms with van der Waals surface area (Å²) in [5.41, 5.74) is 2.50. The molecule has 10 heteroatoms. The first-order valence-electron chi connectivity index (χ1n) is 13.6. The van der Waals surface area contributed by atoms with Crippen molar-refractivity contribution in [3.63, 3.8) is 0 Å². The maximum Gasteiger partial charge on any atom is 0.242 e. The Balaban J connectivity index is 1.74. The molecule has 1 aliphatic rings. The molecule has 0 fully saturated rings. The van der Waals surface area contributed by atoms with E-state index in [1.165, 1.54) is 4.31 Å². The smallest absolute Gasteiger partial charge is 0.242 e. The second-order valence-corrected chi connectivity index (χ2v) is 11.7. The van der Waals surface area contributed by atoms with Crippen molar-refractivity contribution in [2.24, 2.45) is 0 Å². The van der Waals surface area contributed by atoms with E-state index in [9.17, 15) is 18.0 Å². The van der Waals surface area contributed by atoms with Gasteiger partial charge >= 0.3 is 0 Å². The summed E-state index contributed by atoms with van der Waals surface area (Å²) in [5.74, 6) is 0.708. The van der Waals surface area contributed by atoms with Crippen molar-refractivity contribution in [3.05, 3.63) is 53.6 Å². The number of amides is 2. The minimum absolute atomic E-state index is 0.0984. The van der Waals surface area contributed by atoms with Crippen molar-refractivity contribution in [1.29, 1.82) is 0 Å². The molecule has 9 nitrogen and oxygen atoms in total. The number of nitrogens with zero attached hydrogens (tertiary/aromatic N) is 2. The summed E-state index contributed by atoms with van der Waals surface area (Å²) in [5, 5.41) is 2.96. The normalized spacial score (nSPS) is 13.4. The summed E-state index contributed by atoms with van der Waals surface area (Å²) in [6, 6.07) is 12.3. The third-order valence-corrected chi connectivity index (χ3v) is 7.85. The molecule has 0 aliphatic carbocycles. The molecule has 1 aliphatic heterocycles. The van der Waals surface area contributed by atoms with Crippen LogP contribution < -0.4 is 19.1 Å². The quantitative estimate of drug-likeness (QED) is 0.351. The van der Waals surface area contributed by atoms with E-state index in [1.807, 2.05) is 38.1 Å². The first kappa shape index (κ1) is 30.3. The third-order valence-electron chi connectivity index (χ3n) is 6.65. The Morgan fingerprint density at radius 3 is 2.33 bits per heavy atom. The molecule has 0 unspecified atom stereocenters. The average Bonchev–Trinajstić information content (AvgIpc) is 2.91. The van der Waals surface area contributed by atoms with Gasteiger partial charge in [0.2, 0.25) is 21.8 Å². The van der Waals surface area contributed by atoms with Gasteiger partial charge in [-0.2, -0.15) is 0 Å². The molecular formula is C29H41N3O6S. The number of benzene rings is 2. The number of carbonyl (C=O) groups is 2. The van der Waals surface area contributed by atoms with E-state index in [2.05, 4.69) is 12.2 Å². The summed E-state index contributed by atoms with van der Waals surface area (Å²) < 4.78 is 37.7. The molecule has 2 aromatic carbocycles. The summed E-state index contributed by atoms with van der Waals surface area (Å²) in [6.45, 7) is 7.77.